The average molecular weight is 278 g/mol. The highest BCUT2D eigenvalue weighted by molar-refractivity contribution is 5.51. The van der Waals surface area contributed by atoms with Gasteiger partial charge in [-0.1, -0.05) is 6.07 Å². The van der Waals surface area contributed by atoms with Crippen molar-refractivity contribution in [1.82, 2.24) is 4.90 Å². The summed E-state index contributed by atoms with van der Waals surface area (Å²) in [6.07, 6.45) is 1.20. The molecule has 0 aliphatic carbocycles. The molecule has 110 valence electrons. The lowest BCUT2D eigenvalue weighted by Crippen LogP contribution is -2.27. The predicted molar refractivity (Wildman–Crippen MR) is 76.5 cm³/mol. The van der Waals surface area contributed by atoms with Crippen molar-refractivity contribution in [3.05, 3.63) is 18.2 Å². The molecule has 0 bridgehead atoms. The van der Waals surface area contributed by atoms with E-state index in [9.17, 15) is 0 Å². The van der Waals surface area contributed by atoms with Crippen LogP contribution in [0, 0.1) is 5.92 Å². The summed E-state index contributed by atoms with van der Waals surface area (Å²) in [4.78, 5) is 2.41. The number of hydrogen-bond acceptors (Lipinski definition) is 5. The molecular formula is C15H22N2O3. The molecule has 1 saturated heterocycles. The number of para-hydroxylation sites is 1. The number of nitrogens with two attached hydrogens (primary N) is 1. The van der Waals surface area contributed by atoms with E-state index in [1.807, 2.05) is 18.2 Å². The Morgan fingerprint density at radius 3 is 3.05 bits per heavy atom. The molecule has 0 aromatic heterocycles. The number of likely N-dealkylation sites (tertiary alicyclic amines) is 1. The average Bonchev–Trinajstić information content (AvgIpc) is 2.95. The SMILES string of the molecule is NCC1CCN(CCOc2cccc3c2OCCO3)C1. The molecule has 2 aliphatic rings. The van der Waals surface area contributed by atoms with E-state index in [1.54, 1.807) is 0 Å². The molecule has 2 heterocycles. The van der Waals surface area contributed by atoms with Gasteiger partial charge in [0.2, 0.25) is 5.75 Å². The Balaban J connectivity index is 1.52. The summed E-state index contributed by atoms with van der Waals surface area (Å²) in [5.74, 6) is 2.94. The second kappa shape index (κ2) is 6.33. The van der Waals surface area contributed by atoms with Gasteiger partial charge in [0, 0.05) is 13.1 Å². The monoisotopic (exact) mass is 278 g/mol. The lowest BCUT2D eigenvalue weighted by molar-refractivity contribution is 0.158. The second-order valence-corrected chi connectivity index (χ2v) is 5.32. The van der Waals surface area contributed by atoms with Gasteiger partial charge in [0.05, 0.1) is 0 Å². The predicted octanol–water partition coefficient (Wildman–Crippen LogP) is 1.12. The Kier molecular flexibility index (Phi) is 4.28. The van der Waals surface area contributed by atoms with Crippen LogP contribution in [0.15, 0.2) is 18.2 Å². The summed E-state index contributed by atoms with van der Waals surface area (Å²) in [6, 6.07) is 5.77. The van der Waals surface area contributed by atoms with Gasteiger partial charge in [0.15, 0.2) is 11.5 Å². The van der Waals surface area contributed by atoms with Crippen molar-refractivity contribution in [2.75, 3.05) is 46.0 Å². The summed E-state index contributed by atoms with van der Waals surface area (Å²) in [5, 5.41) is 0. The fourth-order valence-corrected chi connectivity index (χ4v) is 2.75. The Hall–Kier alpha value is -1.46. The van der Waals surface area contributed by atoms with Crippen LogP contribution < -0.4 is 19.9 Å². The summed E-state index contributed by atoms with van der Waals surface area (Å²) in [7, 11) is 0. The smallest absolute Gasteiger partial charge is 0.203 e. The first-order valence-electron chi connectivity index (χ1n) is 7.30. The number of ether oxygens (including phenoxy) is 3. The van der Waals surface area contributed by atoms with E-state index in [0.717, 1.165) is 43.4 Å². The molecule has 1 aromatic carbocycles. The van der Waals surface area contributed by atoms with Crippen LogP contribution in [-0.2, 0) is 0 Å². The van der Waals surface area contributed by atoms with Crippen LogP contribution in [0.3, 0.4) is 0 Å². The van der Waals surface area contributed by atoms with Gasteiger partial charge in [-0.15, -0.1) is 0 Å². The maximum Gasteiger partial charge on any atom is 0.203 e. The number of nitrogens with zero attached hydrogens (tertiary/aromatic N) is 1. The van der Waals surface area contributed by atoms with Crippen LogP contribution in [0.25, 0.3) is 0 Å². The van der Waals surface area contributed by atoms with Crippen molar-refractivity contribution in [3.8, 4) is 17.2 Å². The van der Waals surface area contributed by atoms with E-state index < -0.39 is 0 Å². The fraction of sp³-hybridized carbons (Fsp3) is 0.600. The highest BCUT2D eigenvalue weighted by Gasteiger charge is 2.21. The molecule has 0 amide bonds. The van der Waals surface area contributed by atoms with Gasteiger partial charge in [-0.2, -0.15) is 0 Å². The molecule has 2 aliphatic heterocycles. The highest BCUT2D eigenvalue weighted by Crippen LogP contribution is 2.38. The minimum Gasteiger partial charge on any atom is -0.488 e. The van der Waals surface area contributed by atoms with Crippen LogP contribution in [0.4, 0.5) is 0 Å². The van der Waals surface area contributed by atoms with Crippen LogP contribution in [-0.4, -0.2) is 50.9 Å². The molecular weight excluding hydrogens is 256 g/mol. The van der Waals surface area contributed by atoms with Crippen LogP contribution in [0.5, 0.6) is 17.2 Å². The van der Waals surface area contributed by atoms with Crippen LogP contribution >= 0.6 is 0 Å². The summed E-state index contributed by atoms with van der Waals surface area (Å²) < 4.78 is 17.0. The Morgan fingerprint density at radius 2 is 2.20 bits per heavy atom. The maximum absolute atomic E-state index is 5.86. The quantitative estimate of drug-likeness (QED) is 0.874. The lowest BCUT2D eigenvalue weighted by Gasteiger charge is -2.21. The molecule has 5 nitrogen and oxygen atoms in total. The van der Waals surface area contributed by atoms with Gasteiger partial charge < -0.3 is 19.9 Å². The number of rotatable bonds is 5. The topological polar surface area (TPSA) is 57.0 Å². The molecule has 20 heavy (non-hydrogen) atoms. The molecule has 1 aromatic rings. The molecule has 0 saturated carbocycles. The molecule has 2 N–H and O–H groups in total. The minimum absolute atomic E-state index is 0.581. The second-order valence-electron chi connectivity index (χ2n) is 5.32. The van der Waals surface area contributed by atoms with Crippen molar-refractivity contribution < 1.29 is 14.2 Å². The number of fused-ring (bicyclic) bond motifs is 1. The first kappa shape index (κ1) is 13.5. The van der Waals surface area contributed by atoms with Gasteiger partial charge in [-0.25, -0.2) is 0 Å². The third-order valence-electron chi connectivity index (χ3n) is 3.90. The van der Waals surface area contributed by atoms with E-state index >= 15 is 0 Å². The van der Waals surface area contributed by atoms with E-state index in [1.165, 1.54) is 6.42 Å². The minimum atomic E-state index is 0.581. The van der Waals surface area contributed by atoms with Gasteiger partial charge in [-0.3, -0.25) is 4.90 Å². The van der Waals surface area contributed by atoms with Crippen molar-refractivity contribution in [2.24, 2.45) is 11.7 Å². The van der Waals surface area contributed by atoms with Gasteiger partial charge in [0.25, 0.3) is 0 Å². The van der Waals surface area contributed by atoms with Gasteiger partial charge >= 0.3 is 0 Å². The fourth-order valence-electron chi connectivity index (χ4n) is 2.75. The van der Waals surface area contributed by atoms with Gasteiger partial charge in [0.1, 0.15) is 19.8 Å². The molecule has 1 unspecified atom stereocenters. The molecule has 1 atom stereocenters. The molecule has 1 fully saturated rings. The first-order chi connectivity index (χ1) is 9.86. The van der Waals surface area contributed by atoms with Crippen molar-refractivity contribution >= 4 is 0 Å². The van der Waals surface area contributed by atoms with Crippen molar-refractivity contribution in [1.29, 1.82) is 0 Å². The third kappa shape index (κ3) is 2.99. The van der Waals surface area contributed by atoms with E-state index in [0.29, 0.717) is 25.7 Å². The number of hydrogen-bond donors (Lipinski definition) is 1. The van der Waals surface area contributed by atoms with E-state index in [-0.39, 0.29) is 0 Å². The lowest BCUT2D eigenvalue weighted by atomic mass is 10.1. The molecule has 5 heteroatoms. The Labute approximate surface area is 119 Å². The van der Waals surface area contributed by atoms with Crippen LogP contribution in [0.1, 0.15) is 6.42 Å². The Bertz CT molecular complexity index is 453. The standard InChI is InChI=1S/C15H22N2O3/c16-10-12-4-5-17(11-12)6-7-18-13-2-1-3-14-15(13)20-9-8-19-14/h1-3,12H,4-11,16H2. The zero-order valence-corrected chi connectivity index (χ0v) is 11.7. The Morgan fingerprint density at radius 1 is 1.30 bits per heavy atom. The summed E-state index contributed by atoms with van der Waals surface area (Å²) in [6.45, 7) is 5.78. The molecule has 3 rings (SSSR count). The highest BCUT2D eigenvalue weighted by atomic mass is 16.6. The molecule has 0 radical (unpaired) electrons. The summed E-state index contributed by atoms with van der Waals surface area (Å²) >= 11 is 0. The normalized spacial score (nSPS) is 21.9. The van der Waals surface area contributed by atoms with Crippen molar-refractivity contribution in [2.45, 2.75) is 6.42 Å². The van der Waals surface area contributed by atoms with Crippen LogP contribution in [0.2, 0.25) is 0 Å². The number of benzene rings is 1. The zero-order chi connectivity index (χ0) is 13.8. The van der Waals surface area contributed by atoms with E-state index in [2.05, 4.69) is 4.90 Å². The first-order valence-corrected chi connectivity index (χ1v) is 7.30. The summed E-state index contributed by atoms with van der Waals surface area (Å²) in [5.41, 5.74) is 5.70. The van der Waals surface area contributed by atoms with Crippen molar-refractivity contribution in [3.63, 3.8) is 0 Å². The van der Waals surface area contributed by atoms with Gasteiger partial charge in [-0.05, 0) is 37.6 Å². The third-order valence-corrected chi connectivity index (χ3v) is 3.90. The van der Waals surface area contributed by atoms with E-state index in [4.69, 9.17) is 19.9 Å². The largest absolute Gasteiger partial charge is 0.488 e. The molecule has 0 spiro atoms. The maximum atomic E-state index is 5.86. The zero-order valence-electron chi connectivity index (χ0n) is 11.7.